The molecule has 122 valence electrons. The van der Waals surface area contributed by atoms with Crippen LogP contribution in [0.5, 0.6) is 0 Å². The van der Waals surface area contributed by atoms with Crippen LogP contribution in [0.2, 0.25) is 0 Å². The second-order valence-corrected chi connectivity index (χ2v) is 7.45. The summed E-state index contributed by atoms with van der Waals surface area (Å²) in [5.74, 6) is 0.715. The van der Waals surface area contributed by atoms with E-state index in [-0.39, 0.29) is 6.04 Å². The van der Waals surface area contributed by atoms with Crippen molar-refractivity contribution in [3.63, 3.8) is 0 Å². The molecule has 0 unspecified atom stereocenters. The lowest BCUT2D eigenvalue weighted by molar-refractivity contribution is 0.418. The highest BCUT2D eigenvalue weighted by molar-refractivity contribution is 7.11. The molecule has 3 aromatic rings. The molecule has 2 aromatic heterocycles. The maximum Gasteiger partial charge on any atom is 0.0959 e. The van der Waals surface area contributed by atoms with Crippen molar-refractivity contribution >= 4 is 11.3 Å². The monoisotopic (exact) mass is 335 g/mol. The van der Waals surface area contributed by atoms with Gasteiger partial charge in [0.1, 0.15) is 0 Å². The average molecular weight is 335 g/mol. The standard InChI is InChI=1S/C20H21N3S/c1-2-6-15(7-3-1)19(17-10-5-11-21-12-17)22-13-18-14-23-20(24-18)16-8-4-9-16/h1-3,5-7,10-12,14,16,19,22H,4,8-9,13H2/t19-/m1/s1. The zero-order valence-electron chi connectivity index (χ0n) is 13.6. The van der Waals surface area contributed by atoms with Gasteiger partial charge in [-0.15, -0.1) is 11.3 Å². The molecule has 24 heavy (non-hydrogen) atoms. The first kappa shape index (κ1) is 15.5. The lowest BCUT2D eigenvalue weighted by Gasteiger charge is -2.22. The molecule has 1 N–H and O–H groups in total. The topological polar surface area (TPSA) is 37.8 Å². The molecular weight excluding hydrogens is 314 g/mol. The summed E-state index contributed by atoms with van der Waals surface area (Å²) in [5.41, 5.74) is 2.45. The summed E-state index contributed by atoms with van der Waals surface area (Å²) >= 11 is 1.86. The van der Waals surface area contributed by atoms with Crippen molar-refractivity contribution in [2.75, 3.05) is 0 Å². The maximum atomic E-state index is 4.63. The van der Waals surface area contributed by atoms with Crippen LogP contribution in [-0.2, 0) is 6.54 Å². The van der Waals surface area contributed by atoms with Crippen molar-refractivity contribution in [2.24, 2.45) is 0 Å². The fraction of sp³-hybridized carbons (Fsp3) is 0.300. The van der Waals surface area contributed by atoms with Gasteiger partial charge < -0.3 is 5.32 Å². The summed E-state index contributed by atoms with van der Waals surface area (Å²) in [6.45, 7) is 0.832. The molecule has 2 heterocycles. The molecule has 0 bridgehead atoms. The Kier molecular flexibility index (Phi) is 4.67. The van der Waals surface area contributed by atoms with Crippen LogP contribution < -0.4 is 5.32 Å². The van der Waals surface area contributed by atoms with Crippen LogP contribution in [0, 0.1) is 0 Å². The summed E-state index contributed by atoms with van der Waals surface area (Å²) in [7, 11) is 0. The Hall–Kier alpha value is -2.04. The van der Waals surface area contributed by atoms with Crippen LogP contribution in [0.25, 0.3) is 0 Å². The normalized spacial score (nSPS) is 15.8. The zero-order valence-corrected chi connectivity index (χ0v) is 14.4. The molecule has 0 aliphatic heterocycles. The van der Waals surface area contributed by atoms with Crippen molar-refractivity contribution in [2.45, 2.75) is 37.8 Å². The van der Waals surface area contributed by atoms with Crippen LogP contribution in [0.1, 0.15) is 52.2 Å². The molecule has 1 aliphatic carbocycles. The van der Waals surface area contributed by atoms with E-state index in [0.717, 1.165) is 6.54 Å². The fourth-order valence-corrected chi connectivity index (χ4v) is 4.11. The average Bonchev–Trinajstić information content (AvgIpc) is 3.04. The summed E-state index contributed by atoms with van der Waals surface area (Å²) in [5, 5.41) is 5.00. The minimum absolute atomic E-state index is 0.147. The molecular formula is C20H21N3S. The van der Waals surface area contributed by atoms with Crippen LogP contribution in [-0.4, -0.2) is 9.97 Å². The molecule has 4 heteroatoms. The summed E-state index contributed by atoms with van der Waals surface area (Å²) < 4.78 is 0. The number of thiazole rings is 1. The fourth-order valence-electron chi connectivity index (χ4n) is 3.07. The quantitative estimate of drug-likeness (QED) is 0.710. The highest BCUT2D eigenvalue weighted by Crippen LogP contribution is 2.38. The van der Waals surface area contributed by atoms with Gasteiger partial charge in [-0.2, -0.15) is 0 Å². The van der Waals surface area contributed by atoms with Gasteiger partial charge in [0.2, 0.25) is 0 Å². The van der Waals surface area contributed by atoms with Gasteiger partial charge in [0.05, 0.1) is 11.0 Å². The van der Waals surface area contributed by atoms with E-state index in [1.165, 1.54) is 40.3 Å². The molecule has 0 saturated heterocycles. The molecule has 1 aliphatic rings. The van der Waals surface area contributed by atoms with Crippen molar-refractivity contribution in [3.8, 4) is 0 Å². The smallest absolute Gasteiger partial charge is 0.0959 e. The van der Waals surface area contributed by atoms with Crippen LogP contribution in [0.4, 0.5) is 0 Å². The number of aromatic nitrogens is 2. The molecule has 0 amide bonds. The summed E-state index contributed by atoms with van der Waals surface area (Å²) in [6.07, 6.45) is 9.77. The number of hydrogen-bond acceptors (Lipinski definition) is 4. The molecule has 0 spiro atoms. The Morgan fingerprint density at radius 3 is 2.58 bits per heavy atom. The lowest BCUT2D eigenvalue weighted by atomic mass is 9.86. The number of benzene rings is 1. The summed E-state index contributed by atoms with van der Waals surface area (Å²) in [6, 6.07) is 14.8. The SMILES string of the molecule is c1ccc([C@@H](NCc2cnc(C3CCC3)s2)c2cccnc2)cc1. The largest absolute Gasteiger partial charge is 0.301 e. The van der Waals surface area contributed by atoms with Gasteiger partial charge >= 0.3 is 0 Å². The summed E-state index contributed by atoms with van der Waals surface area (Å²) in [4.78, 5) is 10.2. The van der Waals surface area contributed by atoms with Crippen molar-refractivity contribution in [1.82, 2.24) is 15.3 Å². The molecule has 1 aromatic carbocycles. The Morgan fingerprint density at radius 1 is 1.04 bits per heavy atom. The molecule has 1 saturated carbocycles. The van der Waals surface area contributed by atoms with Gasteiger partial charge in [0.25, 0.3) is 0 Å². The minimum atomic E-state index is 0.147. The van der Waals surface area contributed by atoms with E-state index < -0.39 is 0 Å². The van der Waals surface area contributed by atoms with E-state index in [4.69, 9.17) is 0 Å². The number of pyridine rings is 1. The first-order valence-corrected chi connectivity index (χ1v) is 9.34. The predicted molar refractivity (Wildman–Crippen MR) is 98.1 cm³/mol. The molecule has 1 atom stereocenters. The van der Waals surface area contributed by atoms with E-state index in [2.05, 4.69) is 51.7 Å². The van der Waals surface area contributed by atoms with Crippen LogP contribution in [0.15, 0.2) is 61.1 Å². The first-order valence-electron chi connectivity index (χ1n) is 8.53. The van der Waals surface area contributed by atoms with Gasteiger partial charge in [-0.3, -0.25) is 4.98 Å². The van der Waals surface area contributed by atoms with E-state index in [1.807, 2.05) is 36.0 Å². The van der Waals surface area contributed by atoms with E-state index >= 15 is 0 Å². The highest BCUT2D eigenvalue weighted by atomic mass is 32.1. The Morgan fingerprint density at radius 2 is 1.88 bits per heavy atom. The number of nitrogens with one attached hydrogen (secondary N) is 1. The number of nitrogens with zero attached hydrogens (tertiary/aromatic N) is 2. The van der Waals surface area contributed by atoms with E-state index in [0.29, 0.717) is 5.92 Å². The van der Waals surface area contributed by atoms with Crippen LogP contribution >= 0.6 is 11.3 Å². The molecule has 0 radical (unpaired) electrons. The van der Waals surface area contributed by atoms with Gasteiger partial charge in [0, 0.05) is 35.9 Å². The van der Waals surface area contributed by atoms with Gasteiger partial charge in [0.15, 0.2) is 0 Å². The first-order chi connectivity index (χ1) is 11.9. The number of rotatable bonds is 6. The number of hydrogen-bond donors (Lipinski definition) is 1. The third-order valence-electron chi connectivity index (χ3n) is 4.66. The van der Waals surface area contributed by atoms with Gasteiger partial charge in [-0.1, -0.05) is 42.8 Å². The van der Waals surface area contributed by atoms with Gasteiger partial charge in [-0.25, -0.2) is 4.98 Å². The maximum absolute atomic E-state index is 4.63. The minimum Gasteiger partial charge on any atom is -0.301 e. The molecule has 4 rings (SSSR count). The van der Waals surface area contributed by atoms with Crippen LogP contribution in [0.3, 0.4) is 0 Å². The third-order valence-corrected chi connectivity index (χ3v) is 5.82. The highest BCUT2D eigenvalue weighted by Gasteiger charge is 2.22. The Labute approximate surface area is 146 Å². The Bertz CT molecular complexity index is 726. The third kappa shape index (κ3) is 3.40. The second-order valence-electron chi connectivity index (χ2n) is 6.30. The van der Waals surface area contributed by atoms with Crippen molar-refractivity contribution in [1.29, 1.82) is 0 Å². The van der Waals surface area contributed by atoms with E-state index in [9.17, 15) is 0 Å². The Balaban J connectivity index is 1.50. The van der Waals surface area contributed by atoms with Crippen molar-refractivity contribution < 1.29 is 0 Å². The van der Waals surface area contributed by atoms with Gasteiger partial charge in [-0.05, 0) is 30.0 Å². The zero-order chi connectivity index (χ0) is 16.2. The van der Waals surface area contributed by atoms with E-state index in [1.54, 1.807) is 0 Å². The second kappa shape index (κ2) is 7.24. The lowest BCUT2D eigenvalue weighted by Crippen LogP contribution is -2.21. The molecule has 3 nitrogen and oxygen atoms in total. The van der Waals surface area contributed by atoms with Crippen molar-refractivity contribution in [3.05, 3.63) is 82.1 Å². The molecule has 1 fully saturated rings. The predicted octanol–water partition coefficient (Wildman–Crippen LogP) is 4.68.